The summed E-state index contributed by atoms with van der Waals surface area (Å²) in [6.07, 6.45) is 0. The van der Waals surface area contributed by atoms with Gasteiger partial charge in [0.2, 0.25) is 5.91 Å². The minimum atomic E-state index is -0.206. The maximum Gasteiger partial charge on any atom is 0.226 e. The van der Waals surface area contributed by atoms with Crippen LogP contribution in [0, 0.1) is 5.92 Å². The van der Waals surface area contributed by atoms with E-state index in [2.05, 4.69) is 48.5 Å². The summed E-state index contributed by atoms with van der Waals surface area (Å²) in [7, 11) is 1.69. The summed E-state index contributed by atoms with van der Waals surface area (Å²) in [6.45, 7) is 7.54. The zero-order chi connectivity index (χ0) is 20.1. The highest BCUT2D eigenvalue weighted by molar-refractivity contribution is 5.88. The summed E-state index contributed by atoms with van der Waals surface area (Å²) in [5, 5.41) is 2.36. The van der Waals surface area contributed by atoms with Crippen LogP contribution in [0.1, 0.15) is 37.8 Å². The number of ether oxygens (including phenoxy) is 1. The molecular formula is C25H29NO2. The number of nitrogens with zero attached hydrogens (tertiary/aromatic N) is 1. The maximum absolute atomic E-state index is 13.3. The van der Waals surface area contributed by atoms with Crippen molar-refractivity contribution >= 4 is 16.7 Å². The van der Waals surface area contributed by atoms with Gasteiger partial charge in [-0.15, -0.1) is 0 Å². The fourth-order valence-corrected chi connectivity index (χ4v) is 4.12. The largest absolute Gasteiger partial charge is 0.496 e. The molecule has 3 rings (SSSR count). The molecular weight excluding hydrogens is 346 g/mol. The Balaban J connectivity index is 2.21. The lowest BCUT2D eigenvalue weighted by Crippen LogP contribution is -2.37. The van der Waals surface area contributed by atoms with Crippen LogP contribution >= 0.6 is 0 Å². The summed E-state index contributed by atoms with van der Waals surface area (Å²) in [6, 6.07) is 22.8. The number of para-hydroxylation sites is 1. The molecule has 0 aliphatic rings. The van der Waals surface area contributed by atoms with Crippen molar-refractivity contribution < 1.29 is 9.53 Å². The SMILES string of the molecule is CCN(CC)C(=O)C(C)C(c1ccccc1OC)c1cccc2ccccc12. The van der Waals surface area contributed by atoms with Gasteiger partial charge in [-0.3, -0.25) is 4.79 Å². The van der Waals surface area contributed by atoms with Gasteiger partial charge in [0.1, 0.15) is 5.75 Å². The second kappa shape index (κ2) is 8.92. The molecule has 3 aromatic carbocycles. The molecule has 1 amide bonds. The molecule has 2 atom stereocenters. The Kier molecular flexibility index (Phi) is 6.35. The van der Waals surface area contributed by atoms with Gasteiger partial charge in [-0.05, 0) is 36.2 Å². The molecule has 0 fully saturated rings. The van der Waals surface area contributed by atoms with Gasteiger partial charge < -0.3 is 9.64 Å². The standard InChI is InChI=1S/C25H29NO2/c1-5-26(6-2)25(27)18(3)24(22-15-9-10-17-23(22)28-4)21-16-11-13-19-12-7-8-14-20(19)21/h7-18,24H,5-6H2,1-4H3. The van der Waals surface area contributed by atoms with Crippen LogP contribution in [0.15, 0.2) is 66.7 Å². The number of fused-ring (bicyclic) bond motifs is 1. The van der Waals surface area contributed by atoms with Crippen LogP contribution < -0.4 is 4.74 Å². The minimum absolute atomic E-state index is 0.0876. The van der Waals surface area contributed by atoms with Crippen molar-refractivity contribution in [1.82, 2.24) is 4.90 Å². The molecule has 146 valence electrons. The fourth-order valence-electron chi connectivity index (χ4n) is 4.12. The summed E-state index contributed by atoms with van der Waals surface area (Å²) in [5.41, 5.74) is 2.21. The molecule has 0 N–H and O–H groups in total. The number of hydrogen-bond donors (Lipinski definition) is 0. The molecule has 2 unspecified atom stereocenters. The molecule has 3 nitrogen and oxygen atoms in total. The summed E-state index contributed by atoms with van der Waals surface area (Å²) in [5.74, 6) is 0.700. The lowest BCUT2D eigenvalue weighted by atomic mass is 9.78. The smallest absolute Gasteiger partial charge is 0.226 e. The van der Waals surface area contributed by atoms with Crippen LogP contribution in [0.2, 0.25) is 0 Å². The van der Waals surface area contributed by atoms with Gasteiger partial charge >= 0.3 is 0 Å². The van der Waals surface area contributed by atoms with E-state index in [0.29, 0.717) is 13.1 Å². The molecule has 0 bridgehead atoms. The third kappa shape index (κ3) is 3.75. The van der Waals surface area contributed by atoms with Crippen LogP contribution in [-0.4, -0.2) is 31.0 Å². The van der Waals surface area contributed by atoms with Gasteiger partial charge in [-0.25, -0.2) is 0 Å². The van der Waals surface area contributed by atoms with E-state index >= 15 is 0 Å². The first-order valence-electron chi connectivity index (χ1n) is 10.0. The Bertz CT molecular complexity index is 941. The Hall–Kier alpha value is -2.81. The summed E-state index contributed by atoms with van der Waals surface area (Å²) in [4.78, 5) is 15.2. The fraction of sp³-hybridized carbons (Fsp3) is 0.320. The molecule has 0 saturated heterocycles. The molecule has 28 heavy (non-hydrogen) atoms. The van der Waals surface area contributed by atoms with E-state index in [0.717, 1.165) is 16.9 Å². The molecule has 0 aliphatic heterocycles. The maximum atomic E-state index is 13.3. The van der Waals surface area contributed by atoms with Crippen molar-refractivity contribution in [3.05, 3.63) is 77.9 Å². The quantitative estimate of drug-likeness (QED) is 0.547. The average molecular weight is 376 g/mol. The first kappa shape index (κ1) is 19.9. The number of carbonyl (C=O) groups is 1. The highest BCUT2D eigenvalue weighted by Crippen LogP contribution is 2.40. The van der Waals surface area contributed by atoms with Crippen molar-refractivity contribution in [3.63, 3.8) is 0 Å². The minimum Gasteiger partial charge on any atom is -0.496 e. The lowest BCUT2D eigenvalue weighted by molar-refractivity contribution is -0.135. The number of hydrogen-bond acceptors (Lipinski definition) is 2. The van der Waals surface area contributed by atoms with Gasteiger partial charge in [-0.2, -0.15) is 0 Å². The zero-order valence-corrected chi connectivity index (χ0v) is 17.2. The second-order valence-electron chi connectivity index (χ2n) is 7.09. The third-order valence-electron chi connectivity index (χ3n) is 5.60. The van der Waals surface area contributed by atoms with Gasteiger partial charge in [-0.1, -0.05) is 67.6 Å². The number of amides is 1. The summed E-state index contributed by atoms with van der Waals surface area (Å²) < 4.78 is 5.68. The van der Waals surface area contributed by atoms with E-state index in [4.69, 9.17) is 4.74 Å². The normalized spacial score (nSPS) is 13.1. The second-order valence-corrected chi connectivity index (χ2v) is 7.09. The Morgan fingerprint density at radius 2 is 1.50 bits per heavy atom. The molecule has 0 saturated carbocycles. The molecule has 0 aliphatic carbocycles. The highest BCUT2D eigenvalue weighted by atomic mass is 16.5. The predicted octanol–water partition coefficient (Wildman–Crippen LogP) is 5.48. The Labute approximate surface area is 167 Å². The van der Waals surface area contributed by atoms with Gasteiger partial charge in [0.25, 0.3) is 0 Å². The molecule has 3 aromatic rings. The van der Waals surface area contributed by atoms with Crippen molar-refractivity contribution in [3.8, 4) is 5.75 Å². The van der Waals surface area contributed by atoms with E-state index in [1.54, 1.807) is 7.11 Å². The Morgan fingerprint density at radius 1 is 0.893 bits per heavy atom. The van der Waals surface area contributed by atoms with E-state index in [1.165, 1.54) is 10.8 Å². The molecule has 0 aromatic heterocycles. The average Bonchev–Trinajstić information content (AvgIpc) is 2.75. The monoisotopic (exact) mass is 375 g/mol. The molecule has 0 heterocycles. The van der Waals surface area contributed by atoms with Gasteiger partial charge in [0.05, 0.1) is 7.11 Å². The van der Waals surface area contributed by atoms with Crippen molar-refractivity contribution in [2.24, 2.45) is 5.92 Å². The predicted molar refractivity (Wildman–Crippen MR) is 116 cm³/mol. The van der Waals surface area contributed by atoms with Gasteiger partial charge in [0.15, 0.2) is 0 Å². The van der Waals surface area contributed by atoms with Gasteiger partial charge in [0, 0.05) is 30.5 Å². The first-order valence-corrected chi connectivity index (χ1v) is 10.0. The summed E-state index contributed by atoms with van der Waals surface area (Å²) >= 11 is 0. The van der Waals surface area contributed by atoms with Crippen molar-refractivity contribution in [1.29, 1.82) is 0 Å². The number of methoxy groups -OCH3 is 1. The first-order chi connectivity index (χ1) is 13.6. The highest BCUT2D eigenvalue weighted by Gasteiger charge is 2.32. The number of benzene rings is 3. The van der Waals surface area contributed by atoms with Crippen LogP contribution in [0.3, 0.4) is 0 Å². The van der Waals surface area contributed by atoms with E-state index in [9.17, 15) is 4.79 Å². The van der Waals surface area contributed by atoms with E-state index in [-0.39, 0.29) is 17.7 Å². The van der Waals surface area contributed by atoms with Crippen LogP contribution in [0.5, 0.6) is 5.75 Å². The number of rotatable bonds is 7. The lowest BCUT2D eigenvalue weighted by Gasteiger charge is -2.30. The topological polar surface area (TPSA) is 29.5 Å². The van der Waals surface area contributed by atoms with Crippen LogP contribution in [0.4, 0.5) is 0 Å². The van der Waals surface area contributed by atoms with Crippen molar-refractivity contribution in [2.45, 2.75) is 26.7 Å². The van der Waals surface area contributed by atoms with Crippen LogP contribution in [0.25, 0.3) is 10.8 Å². The van der Waals surface area contributed by atoms with E-state index < -0.39 is 0 Å². The van der Waals surface area contributed by atoms with Crippen LogP contribution in [-0.2, 0) is 4.79 Å². The Morgan fingerprint density at radius 3 is 2.21 bits per heavy atom. The van der Waals surface area contributed by atoms with E-state index in [1.807, 2.05) is 43.9 Å². The molecule has 0 radical (unpaired) electrons. The zero-order valence-electron chi connectivity index (χ0n) is 17.2. The van der Waals surface area contributed by atoms with Crippen molar-refractivity contribution in [2.75, 3.05) is 20.2 Å². The molecule has 0 spiro atoms. The number of carbonyl (C=O) groups excluding carboxylic acids is 1. The molecule has 3 heteroatoms. The third-order valence-corrected chi connectivity index (χ3v) is 5.60.